The Bertz CT molecular complexity index is 344. The molecule has 0 aliphatic rings. The molecule has 0 atom stereocenters. The molecule has 4 nitrogen and oxygen atoms in total. The third kappa shape index (κ3) is 3.13. The fourth-order valence-corrected chi connectivity index (χ4v) is 1.53. The summed E-state index contributed by atoms with van der Waals surface area (Å²) >= 11 is 1.67. The first-order chi connectivity index (χ1) is 7.16. The molecule has 1 N–H and O–H groups in total. The zero-order valence-corrected chi connectivity index (χ0v) is 9.62. The van der Waals surface area contributed by atoms with E-state index in [-0.39, 0.29) is 17.4 Å². The SMILES string of the molecule is CSCCN(C)C(=O)c1ncccc1O. The molecule has 0 bridgehead atoms. The van der Waals surface area contributed by atoms with Crippen LogP contribution < -0.4 is 0 Å². The quantitative estimate of drug-likeness (QED) is 0.838. The highest BCUT2D eigenvalue weighted by Gasteiger charge is 2.16. The van der Waals surface area contributed by atoms with E-state index in [9.17, 15) is 9.90 Å². The fourth-order valence-electron chi connectivity index (χ4n) is 1.07. The molecule has 0 fully saturated rings. The molecular formula is C10H14N2O2S. The van der Waals surface area contributed by atoms with Gasteiger partial charge in [0.25, 0.3) is 5.91 Å². The maximum absolute atomic E-state index is 11.8. The van der Waals surface area contributed by atoms with E-state index in [4.69, 9.17) is 0 Å². The number of hydrogen-bond acceptors (Lipinski definition) is 4. The Morgan fingerprint density at radius 2 is 2.40 bits per heavy atom. The molecule has 0 aliphatic heterocycles. The van der Waals surface area contributed by atoms with E-state index >= 15 is 0 Å². The van der Waals surface area contributed by atoms with E-state index < -0.39 is 0 Å². The molecule has 0 unspecified atom stereocenters. The van der Waals surface area contributed by atoms with Crippen molar-refractivity contribution in [3.05, 3.63) is 24.0 Å². The van der Waals surface area contributed by atoms with Gasteiger partial charge in [0.15, 0.2) is 5.69 Å². The van der Waals surface area contributed by atoms with Gasteiger partial charge in [0.05, 0.1) is 0 Å². The second kappa shape index (κ2) is 5.60. The van der Waals surface area contributed by atoms with Gasteiger partial charge >= 0.3 is 0 Å². The Morgan fingerprint density at radius 1 is 1.67 bits per heavy atom. The van der Waals surface area contributed by atoms with Crippen molar-refractivity contribution in [2.24, 2.45) is 0 Å². The first-order valence-electron chi connectivity index (χ1n) is 4.55. The molecule has 5 heteroatoms. The number of carbonyl (C=O) groups excluding carboxylic acids is 1. The van der Waals surface area contributed by atoms with Crippen molar-refractivity contribution < 1.29 is 9.90 Å². The lowest BCUT2D eigenvalue weighted by molar-refractivity contribution is 0.0794. The Balaban J connectivity index is 2.72. The van der Waals surface area contributed by atoms with Gasteiger partial charge in [0.2, 0.25) is 0 Å². The van der Waals surface area contributed by atoms with Crippen molar-refractivity contribution >= 4 is 17.7 Å². The third-order valence-electron chi connectivity index (χ3n) is 1.97. The number of rotatable bonds is 4. The maximum atomic E-state index is 11.8. The van der Waals surface area contributed by atoms with Gasteiger partial charge in [-0.05, 0) is 18.4 Å². The zero-order chi connectivity index (χ0) is 11.3. The summed E-state index contributed by atoms with van der Waals surface area (Å²) in [6.07, 6.45) is 3.48. The molecule has 1 heterocycles. The van der Waals surface area contributed by atoms with Crippen molar-refractivity contribution in [3.8, 4) is 5.75 Å². The van der Waals surface area contributed by atoms with Gasteiger partial charge in [-0.3, -0.25) is 4.79 Å². The van der Waals surface area contributed by atoms with E-state index in [1.54, 1.807) is 29.8 Å². The second-order valence-corrected chi connectivity index (χ2v) is 4.08. The minimum absolute atomic E-state index is 0.0708. The van der Waals surface area contributed by atoms with Gasteiger partial charge in [-0.15, -0.1) is 0 Å². The van der Waals surface area contributed by atoms with Crippen LogP contribution in [0.1, 0.15) is 10.5 Å². The Labute approximate surface area is 93.3 Å². The fraction of sp³-hybridized carbons (Fsp3) is 0.400. The van der Waals surface area contributed by atoms with Crippen LogP contribution in [0.4, 0.5) is 0 Å². The van der Waals surface area contributed by atoms with Crippen LogP contribution in [0.3, 0.4) is 0 Å². The van der Waals surface area contributed by atoms with Crippen molar-refractivity contribution in [3.63, 3.8) is 0 Å². The number of aromatic nitrogens is 1. The minimum Gasteiger partial charge on any atom is -0.505 e. The predicted octanol–water partition coefficient (Wildman–Crippen LogP) is 1.22. The maximum Gasteiger partial charge on any atom is 0.276 e. The zero-order valence-electron chi connectivity index (χ0n) is 8.80. The molecule has 1 rings (SSSR count). The highest BCUT2D eigenvalue weighted by Crippen LogP contribution is 2.14. The van der Waals surface area contributed by atoms with E-state index in [0.717, 1.165) is 5.75 Å². The largest absolute Gasteiger partial charge is 0.505 e. The van der Waals surface area contributed by atoms with Crippen LogP contribution in [0, 0.1) is 0 Å². The number of pyridine rings is 1. The molecule has 0 radical (unpaired) electrons. The monoisotopic (exact) mass is 226 g/mol. The van der Waals surface area contributed by atoms with Crippen LogP contribution in [-0.4, -0.2) is 46.5 Å². The number of hydrogen-bond donors (Lipinski definition) is 1. The standard InChI is InChI=1S/C10H14N2O2S/c1-12(6-7-15-2)10(14)9-8(13)4-3-5-11-9/h3-5,13H,6-7H2,1-2H3. The van der Waals surface area contributed by atoms with E-state index in [2.05, 4.69) is 4.98 Å². The van der Waals surface area contributed by atoms with Gasteiger partial charge in [-0.1, -0.05) is 0 Å². The molecular weight excluding hydrogens is 212 g/mol. The third-order valence-corrected chi connectivity index (χ3v) is 2.56. The van der Waals surface area contributed by atoms with E-state index in [1.165, 1.54) is 12.3 Å². The molecule has 1 aromatic heterocycles. The Morgan fingerprint density at radius 3 is 3.00 bits per heavy atom. The molecule has 15 heavy (non-hydrogen) atoms. The summed E-state index contributed by atoms with van der Waals surface area (Å²) in [5.41, 5.74) is 0.112. The first-order valence-corrected chi connectivity index (χ1v) is 5.94. The van der Waals surface area contributed by atoms with Crippen LogP contribution in [0.5, 0.6) is 5.75 Å². The second-order valence-electron chi connectivity index (χ2n) is 3.09. The number of thioether (sulfide) groups is 1. The highest BCUT2D eigenvalue weighted by molar-refractivity contribution is 7.98. The summed E-state index contributed by atoms with van der Waals surface area (Å²) in [4.78, 5) is 17.2. The van der Waals surface area contributed by atoms with Crippen LogP contribution in [0.15, 0.2) is 18.3 Å². The summed E-state index contributed by atoms with van der Waals surface area (Å²) in [6, 6.07) is 3.05. The van der Waals surface area contributed by atoms with Crippen molar-refractivity contribution in [2.45, 2.75) is 0 Å². The predicted molar refractivity (Wildman–Crippen MR) is 61.2 cm³/mol. The van der Waals surface area contributed by atoms with Gasteiger partial charge in [-0.2, -0.15) is 11.8 Å². The molecule has 0 aromatic carbocycles. The number of aromatic hydroxyl groups is 1. The van der Waals surface area contributed by atoms with Crippen molar-refractivity contribution in [2.75, 3.05) is 25.6 Å². The average molecular weight is 226 g/mol. The molecule has 0 saturated heterocycles. The lowest BCUT2D eigenvalue weighted by Crippen LogP contribution is -2.29. The Hall–Kier alpha value is -1.23. The van der Waals surface area contributed by atoms with E-state index in [0.29, 0.717) is 6.54 Å². The van der Waals surface area contributed by atoms with Crippen LogP contribution >= 0.6 is 11.8 Å². The molecule has 0 aliphatic carbocycles. The van der Waals surface area contributed by atoms with Crippen molar-refractivity contribution in [1.82, 2.24) is 9.88 Å². The lowest BCUT2D eigenvalue weighted by atomic mass is 10.3. The molecule has 82 valence electrons. The average Bonchev–Trinajstić information content (AvgIpc) is 2.25. The summed E-state index contributed by atoms with van der Waals surface area (Å²) in [7, 11) is 1.70. The van der Waals surface area contributed by atoms with Gasteiger partial charge < -0.3 is 10.0 Å². The highest BCUT2D eigenvalue weighted by atomic mass is 32.2. The number of carbonyl (C=O) groups is 1. The molecule has 1 amide bonds. The topological polar surface area (TPSA) is 53.4 Å². The van der Waals surface area contributed by atoms with Gasteiger partial charge in [-0.25, -0.2) is 4.98 Å². The van der Waals surface area contributed by atoms with Crippen LogP contribution in [0.2, 0.25) is 0 Å². The lowest BCUT2D eigenvalue weighted by Gasteiger charge is -2.16. The smallest absolute Gasteiger partial charge is 0.276 e. The summed E-state index contributed by atoms with van der Waals surface area (Å²) in [6.45, 7) is 0.649. The van der Waals surface area contributed by atoms with E-state index in [1.807, 2.05) is 6.26 Å². The number of amides is 1. The minimum atomic E-state index is -0.248. The summed E-state index contributed by atoms with van der Waals surface area (Å²) < 4.78 is 0. The van der Waals surface area contributed by atoms with Gasteiger partial charge in [0, 0.05) is 25.5 Å². The molecule has 0 saturated carbocycles. The normalized spacial score (nSPS) is 10.0. The van der Waals surface area contributed by atoms with Crippen LogP contribution in [-0.2, 0) is 0 Å². The summed E-state index contributed by atoms with van der Waals surface area (Å²) in [5, 5.41) is 9.44. The molecule has 1 aromatic rings. The summed E-state index contributed by atoms with van der Waals surface area (Å²) in [5.74, 6) is 0.552. The first kappa shape index (κ1) is 11.8. The Kier molecular flexibility index (Phi) is 4.42. The molecule has 0 spiro atoms. The number of nitrogens with zero attached hydrogens (tertiary/aromatic N) is 2. The van der Waals surface area contributed by atoms with Gasteiger partial charge in [0.1, 0.15) is 5.75 Å². The van der Waals surface area contributed by atoms with Crippen LogP contribution in [0.25, 0.3) is 0 Å². The van der Waals surface area contributed by atoms with Crippen molar-refractivity contribution in [1.29, 1.82) is 0 Å².